The van der Waals surface area contributed by atoms with Crippen LogP contribution in [0.1, 0.15) is 15.9 Å². The van der Waals surface area contributed by atoms with Gasteiger partial charge < -0.3 is 13.9 Å². The van der Waals surface area contributed by atoms with Crippen molar-refractivity contribution in [2.45, 2.75) is 0 Å². The van der Waals surface area contributed by atoms with Crippen LogP contribution in [-0.2, 0) is 0 Å². The first-order valence-corrected chi connectivity index (χ1v) is 11.1. The number of nitrogens with one attached hydrogen (secondary N) is 1. The maximum atomic E-state index is 12.8. The summed E-state index contributed by atoms with van der Waals surface area (Å²) in [4.78, 5) is 25.4. The number of carbonyl (C=O) groups excluding carboxylic acids is 1. The Morgan fingerprint density at radius 3 is 2.67 bits per heavy atom. The standard InChI is InChI=1S/C27H18N4O5/c32-26(18-10-11-23-24(13-18)35-16-34-23)29-28-14-19-15-31(20-7-2-1-3-8-20)30-25(19)21-12-17-6-4-5-9-22(17)36-27(21)33/h1-15H,16H2,(H,29,32)/b28-14+. The van der Waals surface area contributed by atoms with E-state index in [9.17, 15) is 9.59 Å². The minimum Gasteiger partial charge on any atom is -0.454 e. The van der Waals surface area contributed by atoms with E-state index in [2.05, 4.69) is 15.6 Å². The van der Waals surface area contributed by atoms with Gasteiger partial charge in [-0.25, -0.2) is 14.9 Å². The van der Waals surface area contributed by atoms with Gasteiger partial charge in [-0.15, -0.1) is 0 Å². The highest BCUT2D eigenvalue weighted by Gasteiger charge is 2.18. The third-order valence-electron chi connectivity index (χ3n) is 5.66. The van der Waals surface area contributed by atoms with E-state index in [4.69, 9.17) is 13.9 Å². The molecular formula is C27H18N4O5. The Hall–Kier alpha value is -5.18. The van der Waals surface area contributed by atoms with Crippen molar-refractivity contribution in [2.24, 2.45) is 5.10 Å². The quantitative estimate of drug-likeness (QED) is 0.231. The predicted octanol–water partition coefficient (Wildman–Crippen LogP) is 4.14. The van der Waals surface area contributed by atoms with Crippen LogP contribution >= 0.6 is 0 Å². The lowest BCUT2D eigenvalue weighted by Crippen LogP contribution is -2.17. The zero-order valence-corrected chi connectivity index (χ0v) is 18.8. The van der Waals surface area contributed by atoms with E-state index in [0.717, 1.165) is 11.1 Å². The molecule has 0 saturated heterocycles. The van der Waals surface area contributed by atoms with Crippen molar-refractivity contribution in [1.82, 2.24) is 15.2 Å². The zero-order chi connectivity index (χ0) is 24.5. The van der Waals surface area contributed by atoms with Crippen LogP contribution in [0.15, 0.2) is 99.4 Å². The van der Waals surface area contributed by atoms with Crippen molar-refractivity contribution >= 4 is 23.1 Å². The molecule has 2 aromatic heterocycles. The lowest BCUT2D eigenvalue weighted by Gasteiger charge is -2.02. The Labute approximate surface area is 204 Å². The molecule has 1 aliphatic heterocycles. The number of carbonyl (C=O) groups is 1. The number of amides is 1. The number of para-hydroxylation sites is 2. The highest BCUT2D eigenvalue weighted by atomic mass is 16.7. The van der Waals surface area contributed by atoms with Crippen LogP contribution in [0.2, 0.25) is 0 Å². The molecule has 0 unspecified atom stereocenters. The molecule has 36 heavy (non-hydrogen) atoms. The van der Waals surface area contributed by atoms with E-state index >= 15 is 0 Å². The van der Waals surface area contributed by atoms with Gasteiger partial charge in [-0.2, -0.15) is 10.2 Å². The molecule has 0 radical (unpaired) electrons. The van der Waals surface area contributed by atoms with Gasteiger partial charge in [-0.3, -0.25) is 4.79 Å². The minimum atomic E-state index is -0.522. The zero-order valence-electron chi connectivity index (χ0n) is 18.8. The molecule has 0 fully saturated rings. The second-order valence-electron chi connectivity index (χ2n) is 7.97. The van der Waals surface area contributed by atoms with Gasteiger partial charge in [0.2, 0.25) is 6.79 Å². The first kappa shape index (κ1) is 21.4. The van der Waals surface area contributed by atoms with Gasteiger partial charge in [-0.1, -0.05) is 36.4 Å². The van der Waals surface area contributed by atoms with Crippen LogP contribution in [-0.4, -0.2) is 28.7 Å². The maximum absolute atomic E-state index is 12.8. The third-order valence-corrected chi connectivity index (χ3v) is 5.66. The van der Waals surface area contributed by atoms with Crippen LogP contribution < -0.4 is 20.5 Å². The normalized spacial score (nSPS) is 12.3. The fraction of sp³-hybridized carbons (Fsp3) is 0.0370. The summed E-state index contributed by atoms with van der Waals surface area (Å²) in [6, 6.07) is 23.3. The number of fused-ring (bicyclic) bond motifs is 2. The van der Waals surface area contributed by atoms with Crippen molar-refractivity contribution in [3.8, 4) is 28.4 Å². The average Bonchev–Trinajstić information content (AvgIpc) is 3.55. The Bertz CT molecular complexity index is 1690. The third kappa shape index (κ3) is 3.98. The van der Waals surface area contributed by atoms with Gasteiger partial charge in [0.05, 0.1) is 17.5 Å². The Kier molecular flexibility index (Phi) is 5.27. The topological polar surface area (TPSA) is 108 Å². The molecule has 1 amide bonds. The number of aromatic nitrogens is 2. The Morgan fingerprint density at radius 1 is 0.972 bits per heavy atom. The smallest absolute Gasteiger partial charge is 0.345 e. The summed E-state index contributed by atoms with van der Waals surface area (Å²) in [5.74, 6) is 0.662. The van der Waals surface area contributed by atoms with Crippen LogP contribution in [0.25, 0.3) is 27.9 Å². The number of rotatable bonds is 5. The highest BCUT2D eigenvalue weighted by Crippen LogP contribution is 2.32. The summed E-state index contributed by atoms with van der Waals surface area (Å²) in [7, 11) is 0. The SMILES string of the molecule is O=C(N/N=C/c1cn(-c2ccccc2)nc1-c1cc2ccccc2oc1=O)c1ccc2c(c1)OCO2. The van der Waals surface area contributed by atoms with Gasteiger partial charge >= 0.3 is 5.63 Å². The Morgan fingerprint density at radius 2 is 1.78 bits per heavy atom. The van der Waals surface area contributed by atoms with Crippen molar-refractivity contribution in [1.29, 1.82) is 0 Å². The van der Waals surface area contributed by atoms with Crippen LogP contribution in [0, 0.1) is 0 Å². The fourth-order valence-corrected chi connectivity index (χ4v) is 3.89. The van der Waals surface area contributed by atoms with Gasteiger partial charge in [0.1, 0.15) is 11.3 Å². The summed E-state index contributed by atoms with van der Waals surface area (Å²) >= 11 is 0. The summed E-state index contributed by atoms with van der Waals surface area (Å²) in [5.41, 5.74) is 4.82. The molecule has 0 saturated carbocycles. The molecule has 3 aromatic carbocycles. The molecule has 1 N–H and O–H groups in total. The Balaban J connectivity index is 1.35. The lowest BCUT2D eigenvalue weighted by atomic mass is 10.1. The first-order chi connectivity index (χ1) is 17.7. The highest BCUT2D eigenvalue weighted by molar-refractivity contribution is 5.96. The van der Waals surface area contributed by atoms with Gasteiger partial charge in [-0.05, 0) is 42.5 Å². The molecule has 1 aliphatic rings. The number of hydrazone groups is 1. The molecule has 6 rings (SSSR count). The van der Waals surface area contributed by atoms with Crippen molar-refractivity contribution in [3.05, 3.63) is 107 Å². The number of benzene rings is 3. The predicted molar refractivity (Wildman–Crippen MR) is 133 cm³/mol. The minimum absolute atomic E-state index is 0.121. The fourth-order valence-electron chi connectivity index (χ4n) is 3.89. The molecule has 0 aliphatic carbocycles. The molecule has 176 valence electrons. The van der Waals surface area contributed by atoms with Crippen molar-refractivity contribution in [2.75, 3.05) is 6.79 Å². The molecule has 9 heteroatoms. The van der Waals surface area contributed by atoms with E-state index in [1.807, 2.05) is 42.5 Å². The number of nitrogens with zero attached hydrogens (tertiary/aromatic N) is 3. The average molecular weight is 478 g/mol. The van der Waals surface area contributed by atoms with E-state index in [0.29, 0.717) is 33.9 Å². The van der Waals surface area contributed by atoms with E-state index in [1.54, 1.807) is 47.3 Å². The van der Waals surface area contributed by atoms with Crippen molar-refractivity contribution < 1.29 is 18.7 Å². The number of hydrogen-bond donors (Lipinski definition) is 1. The summed E-state index contributed by atoms with van der Waals surface area (Å²) in [6.45, 7) is 0.121. The first-order valence-electron chi connectivity index (χ1n) is 11.1. The maximum Gasteiger partial charge on any atom is 0.345 e. The molecule has 0 spiro atoms. The van der Waals surface area contributed by atoms with E-state index < -0.39 is 11.5 Å². The van der Waals surface area contributed by atoms with Gasteiger partial charge in [0.15, 0.2) is 11.5 Å². The van der Waals surface area contributed by atoms with Crippen molar-refractivity contribution in [3.63, 3.8) is 0 Å². The van der Waals surface area contributed by atoms with Crippen LogP contribution in [0.4, 0.5) is 0 Å². The molecule has 0 atom stereocenters. The summed E-state index contributed by atoms with van der Waals surface area (Å²) in [6.07, 6.45) is 3.18. The molecule has 3 heterocycles. The van der Waals surface area contributed by atoms with Crippen LogP contribution in [0.3, 0.4) is 0 Å². The second kappa shape index (κ2) is 8.88. The second-order valence-corrected chi connectivity index (χ2v) is 7.97. The largest absolute Gasteiger partial charge is 0.454 e. The lowest BCUT2D eigenvalue weighted by molar-refractivity contribution is 0.0954. The molecular weight excluding hydrogens is 460 g/mol. The van der Waals surface area contributed by atoms with E-state index in [1.165, 1.54) is 6.21 Å². The molecule has 9 nitrogen and oxygen atoms in total. The van der Waals surface area contributed by atoms with Crippen LogP contribution in [0.5, 0.6) is 11.5 Å². The monoisotopic (exact) mass is 478 g/mol. The number of ether oxygens (including phenoxy) is 2. The number of hydrogen-bond acceptors (Lipinski definition) is 7. The summed E-state index contributed by atoms with van der Waals surface area (Å²) in [5, 5.41) is 9.51. The van der Waals surface area contributed by atoms with Gasteiger partial charge in [0.25, 0.3) is 5.91 Å². The van der Waals surface area contributed by atoms with Gasteiger partial charge in [0, 0.05) is 22.7 Å². The van der Waals surface area contributed by atoms with E-state index in [-0.39, 0.29) is 12.4 Å². The summed E-state index contributed by atoms with van der Waals surface area (Å²) < 4.78 is 17.8. The molecule has 0 bridgehead atoms. The molecule has 5 aromatic rings.